The van der Waals surface area contributed by atoms with Crippen LogP contribution >= 0.6 is 40.1 Å². The van der Waals surface area contributed by atoms with Gasteiger partial charge < -0.3 is 11.1 Å². The average molecular weight is 368 g/mol. The number of thioether (sulfide) groups is 1. The number of carbonyl (C=O) groups excluding carboxylic acids is 1. The molecular formula is C13H20BrClN2OS. The molecule has 0 aliphatic rings. The number of benzene rings is 1. The first-order valence-corrected chi connectivity index (χ1v) is 7.86. The number of unbranched alkanes of at least 4 members (excludes halogenated alkanes) is 1. The first-order chi connectivity index (χ1) is 8.74. The van der Waals surface area contributed by atoms with Crippen molar-refractivity contribution in [3.63, 3.8) is 0 Å². The minimum Gasteiger partial charge on any atom is -0.356 e. The molecule has 1 amide bonds. The van der Waals surface area contributed by atoms with E-state index in [1.54, 1.807) is 11.8 Å². The van der Waals surface area contributed by atoms with E-state index >= 15 is 0 Å². The van der Waals surface area contributed by atoms with Gasteiger partial charge in [0, 0.05) is 28.1 Å². The minimum atomic E-state index is 0. The molecule has 3 nitrogen and oxygen atoms in total. The molecule has 0 aromatic heterocycles. The van der Waals surface area contributed by atoms with Gasteiger partial charge in [-0.2, -0.15) is 0 Å². The molecule has 0 unspecified atom stereocenters. The standard InChI is InChI=1S/C13H19BrN2OS.ClH/c14-11-5-1-2-6-12(11)18-10-7-13(17)16-9-4-3-8-15;/h1-2,5-6H,3-4,7-10,15H2,(H,16,17);1H. The maximum absolute atomic E-state index is 11.5. The molecule has 0 heterocycles. The second-order valence-electron chi connectivity index (χ2n) is 3.87. The van der Waals surface area contributed by atoms with Crippen molar-refractivity contribution >= 4 is 46.0 Å². The molecule has 0 aliphatic carbocycles. The Hall–Kier alpha value is -0.230. The van der Waals surface area contributed by atoms with E-state index in [9.17, 15) is 4.79 Å². The molecule has 3 N–H and O–H groups in total. The SMILES string of the molecule is Cl.NCCCCNC(=O)CCSc1ccccc1Br. The van der Waals surface area contributed by atoms with Gasteiger partial charge in [-0.25, -0.2) is 0 Å². The number of amides is 1. The van der Waals surface area contributed by atoms with Crippen LogP contribution in [0, 0.1) is 0 Å². The second kappa shape index (κ2) is 11.6. The van der Waals surface area contributed by atoms with Gasteiger partial charge in [0.2, 0.25) is 5.91 Å². The van der Waals surface area contributed by atoms with Crippen LogP contribution < -0.4 is 11.1 Å². The Morgan fingerprint density at radius 1 is 1.32 bits per heavy atom. The molecule has 0 atom stereocenters. The van der Waals surface area contributed by atoms with Crippen LogP contribution in [0.25, 0.3) is 0 Å². The van der Waals surface area contributed by atoms with Crippen molar-refractivity contribution in [1.29, 1.82) is 0 Å². The maximum atomic E-state index is 11.5. The van der Waals surface area contributed by atoms with E-state index in [2.05, 4.69) is 21.2 Å². The molecule has 108 valence electrons. The molecule has 0 bridgehead atoms. The average Bonchev–Trinajstić information content (AvgIpc) is 2.37. The van der Waals surface area contributed by atoms with E-state index in [-0.39, 0.29) is 18.3 Å². The number of rotatable bonds is 8. The predicted molar refractivity (Wildman–Crippen MR) is 88.0 cm³/mol. The lowest BCUT2D eigenvalue weighted by molar-refractivity contribution is -0.120. The molecule has 0 fully saturated rings. The highest BCUT2D eigenvalue weighted by Crippen LogP contribution is 2.27. The number of carbonyl (C=O) groups is 1. The third-order valence-electron chi connectivity index (χ3n) is 2.38. The highest BCUT2D eigenvalue weighted by molar-refractivity contribution is 9.10. The van der Waals surface area contributed by atoms with Gasteiger partial charge in [0.25, 0.3) is 0 Å². The van der Waals surface area contributed by atoms with Crippen molar-refractivity contribution in [2.75, 3.05) is 18.8 Å². The summed E-state index contributed by atoms with van der Waals surface area (Å²) in [5, 5.41) is 2.90. The first-order valence-electron chi connectivity index (χ1n) is 6.08. The second-order valence-corrected chi connectivity index (χ2v) is 5.87. The summed E-state index contributed by atoms with van der Waals surface area (Å²) in [6.45, 7) is 1.42. The number of nitrogens with two attached hydrogens (primary N) is 1. The number of hydrogen-bond acceptors (Lipinski definition) is 3. The zero-order valence-corrected chi connectivity index (χ0v) is 14.0. The summed E-state index contributed by atoms with van der Waals surface area (Å²) in [6.07, 6.45) is 2.47. The normalized spacial score (nSPS) is 9.79. The van der Waals surface area contributed by atoms with Gasteiger partial charge in [-0.05, 0) is 47.4 Å². The molecule has 0 spiro atoms. The molecule has 19 heavy (non-hydrogen) atoms. The van der Waals surface area contributed by atoms with Crippen LogP contribution in [0.5, 0.6) is 0 Å². The van der Waals surface area contributed by atoms with E-state index in [1.165, 1.54) is 4.90 Å². The Morgan fingerprint density at radius 3 is 2.74 bits per heavy atom. The number of halogens is 2. The van der Waals surface area contributed by atoms with Gasteiger partial charge in [-0.1, -0.05) is 12.1 Å². The van der Waals surface area contributed by atoms with Crippen LogP contribution in [-0.2, 0) is 4.79 Å². The fourth-order valence-electron chi connectivity index (χ4n) is 1.40. The van der Waals surface area contributed by atoms with Crippen molar-refractivity contribution in [2.24, 2.45) is 5.73 Å². The summed E-state index contributed by atoms with van der Waals surface area (Å²) >= 11 is 5.18. The van der Waals surface area contributed by atoms with Gasteiger partial charge in [-0.15, -0.1) is 24.2 Å². The van der Waals surface area contributed by atoms with Crippen LogP contribution in [0.15, 0.2) is 33.6 Å². The van der Waals surface area contributed by atoms with Gasteiger partial charge in [0.1, 0.15) is 0 Å². The number of hydrogen-bond donors (Lipinski definition) is 2. The van der Waals surface area contributed by atoms with Crippen molar-refractivity contribution in [2.45, 2.75) is 24.2 Å². The highest BCUT2D eigenvalue weighted by Gasteiger charge is 2.03. The summed E-state index contributed by atoms with van der Waals surface area (Å²) < 4.78 is 1.08. The molecule has 1 rings (SSSR count). The Balaban J connectivity index is 0.00000324. The van der Waals surface area contributed by atoms with E-state index in [0.717, 1.165) is 29.6 Å². The van der Waals surface area contributed by atoms with E-state index in [1.807, 2.05) is 24.3 Å². The van der Waals surface area contributed by atoms with Crippen LogP contribution in [0.2, 0.25) is 0 Å². The lowest BCUT2D eigenvalue weighted by Crippen LogP contribution is -2.25. The smallest absolute Gasteiger partial charge is 0.220 e. The fourth-order valence-corrected chi connectivity index (χ4v) is 2.92. The Morgan fingerprint density at radius 2 is 2.05 bits per heavy atom. The molecule has 0 saturated carbocycles. The molecule has 0 saturated heterocycles. The lowest BCUT2D eigenvalue weighted by atomic mass is 10.3. The highest BCUT2D eigenvalue weighted by atomic mass is 79.9. The zero-order valence-electron chi connectivity index (χ0n) is 10.7. The quantitative estimate of drug-likeness (QED) is 0.548. The summed E-state index contributed by atoms with van der Waals surface area (Å²) in [5.41, 5.74) is 5.38. The van der Waals surface area contributed by atoms with E-state index in [0.29, 0.717) is 13.0 Å². The van der Waals surface area contributed by atoms with Crippen molar-refractivity contribution in [3.8, 4) is 0 Å². The van der Waals surface area contributed by atoms with Gasteiger partial charge in [0.05, 0.1) is 0 Å². The predicted octanol–water partition coefficient (Wildman–Crippen LogP) is 3.21. The molecule has 1 aromatic rings. The number of nitrogens with one attached hydrogen (secondary N) is 1. The van der Waals surface area contributed by atoms with Gasteiger partial charge >= 0.3 is 0 Å². The molecule has 0 aliphatic heterocycles. The fraction of sp³-hybridized carbons (Fsp3) is 0.462. The van der Waals surface area contributed by atoms with Gasteiger partial charge in [-0.3, -0.25) is 4.79 Å². The topological polar surface area (TPSA) is 55.1 Å². The third kappa shape index (κ3) is 8.52. The summed E-state index contributed by atoms with van der Waals surface area (Å²) in [4.78, 5) is 12.7. The summed E-state index contributed by atoms with van der Waals surface area (Å²) in [7, 11) is 0. The van der Waals surface area contributed by atoms with Crippen molar-refractivity contribution in [3.05, 3.63) is 28.7 Å². The monoisotopic (exact) mass is 366 g/mol. The summed E-state index contributed by atoms with van der Waals surface area (Å²) in [6, 6.07) is 8.04. The zero-order chi connectivity index (χ0) is 13.2. The molecule has 0 radical (unpaired) electrons. The Labute approximate surface area is 133 Å². The van der Waals surface area contributed by atoms with Crippen LogP contribution in [0.3, 0.4) is 0 Å². The van der Waals surface area contributed by atoms with E-state index in [4.69, 9.17) is 5.73 Å². The molecule has 6 heteroatoms. The van der Waals surface area contributed by atoms with Gasteiger partial charge in [0.15, 0.2) is 0 Å². The third-order valence-corrected chi connectivity index (χ3v) is 4.41. The maximum Gasteiger partial charge on any atom is 0.220 e. The Kier molecular flexibility index (Phi) is 11.4. The minimum absolute atomic E-state index is 0. The first kappa shape index (κ1) is 18.8. The largest absolute Gasteiger partial charge is 0.356 e. The lowest BCUT2D eigenvalue weighted by Gasteiger charge is -2.05. The Bertz CT molecular complexity index is 379. The molecular weight excluding hydrogens is 348 g/mol. The molecule has 1 aromatic carbocycles. The van der Waals surface area contributed by atoms with E-state index < -0.39 is 0 Å². The van der Waals surface area contributed by atoms with Crippen molar-refractivity contribution < 1.29 is 4.79 Å². The van der Waals surface area contributed by atoms with Crippen LogP contribution in [-0.4, -0.2) is 24.7 Å². The van der Waals surface area contributed by atoms with Crippen LogP contribution in [0.4, 0.5) is 0 Å². The van der Waals surface area contributed by atoms with Crippen molar-refractivity contribution in [1.82, 2.24) is 5.32 Å². The summed E-state index contributed by atoms with van der Waals surface area (Å²) in [5.74, 6) is 0.914. The van der Waals surface area contributed by atoms with Crippen LogP contribution in [0.1, 0.15) is 19.3 Å².